The first-order valence-electron chi connectivity index (χ1n) is 6.83. The number of phenols is 1. The van der Waals surface area contributed by atoms with Crippen molar-refractivity contribution in [1.29, 1.82) is 0 Å². The predicted molar refractivity (Wildman–Crippen MR) is 86.6 cm³/mol. The topological polar surface area (TPSA) is 49.3 Å². The second kappa shape index (κ2) is 7.18. The Morgan fingerprint density at radius 1 is 1.19 bits per heavy atom. The minimum atomic E-state index is -0.000817. The third-order valence-corrected chi connectivity index (χ3v) is 4.25. The normalized spacial score (nSPS) is 11.9. The summed E-state index contributed by atoms with van der Waals surface area (Å²) in [7, 11) is 0. The van der Waals surface area contributed by atoms with Gasteiger partial charge in [-0.2, -0.15) is 0 Å². The Morgan fingerprint density at radius 2 is 1.86 bits per heavy atom. The highest BCUT2D eigenvalue weighted by Crippen LogP contribution is 2.21. The lowest BCUT2D eigenvalue weighted by Gasteiger charge is -2.16. The summed E-state index contributed by atoms with van der Waals surface area (Å²) in [6.45, 7) is 4.04. The van der Waals surface area contributed by atoms with Crippen molar-refractivity contribution in [2.24, 2.45) is 0 Å². The van der Waals surface area contributed by atoms with Crippen molar-refractivity contribution >= 4 is 17.7 Å². The SMILES string of the molecule is Cc1ccccc1C(C)NC(=O)CSc1ccc(O)cc1. The monoisotopic (exact) mass is 301 g/mol. The van der Waals surface area contributed by atoms with Gasteiger partial charge in [-0.05, 0) is 49.2 Å². The molecule has 4 heteroatoms. The Balaban J connectivity index is 1.87. The highest BCUT2D eigenvalue weighted by molar-refractivity contribution is 8.00. The molecule has 21 heavy (non-hydrogen) atoms. The van der Waals surface area contributed by atoms with Crippen molar-refractivity contribution in [2.45, 2.75) is 24.8 Å². The molecule has 2 aromatic rings. The van der Waals surface area contributed by atoms with E-state index in [0.29, 0.717) is 5.75 Å². The fourth-order valence-corrected chi connectivity index (χ4v) is 2.83. The molecule has 0 saturated heterocycles. The molecule has 1 unspecified atom stereocenters. The zero-order valence-corrected chi connectivity index (χ0v) is 13.0. The molecule has 0 aliphatic rings. The van der Waals surface area contributed by atoms with E-state index < -0.39 is 0 Å². The van der Waals surface area contributed by atoms with Gasteiger partial charge in [-0.25, -0.2) is 0 Å². The number of hydrogen-bond donors (Lipinski definition) is 2. The van der Waals surface area contributed by atoms with E-state index in [4.69, 9.17) is 0 Å². The first kappa shape index (κ1) is 15.4. The van der Waals surface area contributed by atoms with Gasteiger partial charge in [0.1, 0.15) is 5.75 Å². The minimum absolute atomic E-state index is 0.000817. The predicted octanol–water partition coefficient (Wildman–Crippen LogP) is 3.67. The van der Waals surface area contributed by atoms with Crippen LogP contribution < -0.4 is 5.32 Å². The third kappa shape index (κ3) is 4.53. The summed E-state index contributed by atoms with van der Waals surface area (Å²) in [5, 5.41) is 12.2. The summed E-state index contributed by atoms with van der Waals surface area (Å²) < 4.78 is 0. The summed E-state index contributed by atoms with van der Waals surface area (Å²) in [5.74, 6) is 0.599. The number of carbonyl (C=O) groups excluding carboxylic acids is 1. The second-order valence-corrected chi connectivity index (χ2v) is 5.98. The van der Waals surface area contributed by atoms with Gasteiger partial charge in [0.25, 0.3) is 0 Å². The number of carbonyl (C=O) groups is 1. The average Bonchev–Trinajstić information content (AvgIpc) is 2.47. The van der Waals surface area contributed by atoms with Crippen molar-refractivity contribution in [1.82, 2.24) is 5.32 Å². The van der Waals surface area contributed by atoms with Gasteiger partial charge in [-0.1, -0.05) is 24.3 Å². The van der Waals surface area contributed by atoms with Crippen LogP contribution >= 0.6 is 11.8 Å². The molecule has 3 nitrogen and oxygen atoms in total. The van der Waals surface area contributed by atoms with Crippen LogP contribution in [-0.4, -0.2) is 16.8 Å². The molecular weight excluding hydrogens is 282 g/mol. The maximum absolute atomic E-state index is 12.0. The first-order chi connectivity index (χ1) is 10.1. The van der Waals surface area contributed by atoms with E-state index in [9.17, 15) is 9.90 Å². The Kier molecular flexibility index (Phi) is 5.28. The van der Waals surface area contributed by atoms with Gasteiger partial charge in [0.15, 0.2) is 0 Å². The highest BCUT2D eigenvalue weighted by Gasteiger charge is 2.11. The van der Waals surface area contributed by atoms with Gasteiger partial charge in [0.05, 0.1) is 11.8 Å². The highest BCUT2D eigenvalue weighted by atomic mass is 32.2. The van der Waals surface area contributed by atoms with Crippen LogP contribution in [0.1, 0.15) is 24.1 Å². The van der Waals surface area contributed by atoms with E-state index >= 15 is 0 Å². The van der Waals surface area contributed by atoms with Crippen molar-refractivity contribution < 1.29 is 9.90 Å². The first-order valence-corrected chi connectivity index (χ1v) is 7.81. The number of hydrogen-bond acceptors (Lipinski definition) is 3. The molecule has 0 fully saturated rings. The van der Waals surface area contributed by atoms with Crippen LogP contribution in [0.25, 0.3) is 0 Å². The number of benzene rings is 2. The fraction of sp³-hybridized carbons (Fsp3) is 0.235. The van der Waals surface area contributed by atoms with E-state index in [2.05, 4.69) is 5.32 Å². The minimum Gasteiger partial charge on any atom is -0.508 e. The summed E-state index contributed by atoms with van der Waals surface area (Å²) >= 11 is 1.46. The zero-order valence-electron chi connectivity index (χ0n) is 12.2. The molecule has 1 amide bonds. The van der Waals surface area contributed by atoms with Crippen LogP contribution in [0.4, 0.5) is 0 Å². The van der Waals surface area contributed by atoms with Gasteiger partial charge in [0, 0.05) is 4.90 Å². The van der Waals surface area contributed by atoms with Crippen LogP contribution in [0.3, 0.4) is 0 Å². The molecule has 2 N–H and O–H groups in total. The van der Waals surface area contributed by atoms with Gasteiger partial charge in [-0.3, -0.25) is 4.79 Å². The van der Waals surface area contributed by atoms with Crippen LogP contribution in [-0.2, 0) is 4.79 Å². The molecule has 0 aliphatic heterocycles. The Hall–Kier alpha value is -1.94. The lowest BCUT2D eigenvalue weighted by atomic mass is 10.0. The molecule has 0 spiro atoms. The molecule has 2 rings (SSSR count). The van der Waals surface area contributed by atoms with E-state index in [0.717, 1.165) is 10.5 Å². The molecule has 0 saturated carbocycles. The van der Waals surface area contributed by atoms with Crippen molar-refractivity contribution in [3.05, 3.63) is 59.7 Å². The molecular formula is C17H19NO2S. The van der Waals surface area contributed by atoms with Crippen molar-refractivity contribution in [3.63, 3.8) is 0 Å². The molecule has 0 aliphatic carbocycles. The molecule has 0 heterocycles. The van der Waals surface area contributed by atoms with Gasteiger partial charge in [0.2, 0.25) is 5.91 Å². The molecule has 0 bridgehead atoms. The quantitative estimate of drug-likeness (QED) is 0.828. The van der Waals surface area contributed by atoms with Crippen molar-refractivity contribution in [2.75, 3.05) is 5.75 Å². The maximum Gasteiger partial charge on any atom is 0.230 e. The van der Waals surface area contributed by atoms with E-state index in [1.165, 1.54) is 17.3 Å². The lowest BCUT2D eigenvalue weighted by molar-refractivity contribution is -0.119. The number of rotatable bonds is 5. The average molecular weight is 301 g/mol. The molecule has 1 atom stereocenters. The number of thioether (sulfide) groups is 1. The molecule has 110 valence electrons. The van der Waals surface area contributed by atoms with Gasteiger partial charge < -0.3 is 10.4 Å². The van der Waals surface area contributed by atoms with E-state index in [-0.39, 0.29) is 17.7 Å². The lowest BCUT2D eigenvalue weighted by Crippen LogP contribution is -2.28. The number of aromatic hydroxyl groups is 1. The Labute approximate surface area is 129 Å². The van der Waals surface area contributed by atoms with E-state index in [1.54, 1.807) is 24.3 Å². The Morgan fingerprint density at radius 3 is 2.52 bits per heavy atom. The number of nitrogens with one attached hydrogen (secondary N) is 1. The second-order valence-electron chi connectivity index (χ2n) is 4.93. The van der Waals surface area contributed by atoms with Crippen LogP contribution in [0.2, 0.25) is 0 Å². The standard InChI is InChI=1S/C17H19NO2S/c1-12-5-3-4-6-16(12)13(2)18-17(20)11-21-15-9-7-14(19)8-10-15/h3-10,13,19H,11H2,1-2H3,(H,18,20). The number of aryl methyl sites for hydroxylation is 1. The van der Waals surface area contributed by atoms with Crippen LogP contribution in [0.15, 0.2) is 53.4 Å². The van der Waals surface area contributed by atoms with Gasteiger partial charge in [-0.15, -0.1) is 11.8 Å². The summed E-state index contributed by atoms with van der Waals surface area (Å²) in [5.41, 5.74) is 2.32. The molecule has 0 aromatic heterocycles. The maximum atomic E-state index is 12.0. The summed E-state index contributed by atoms with van der Waals surface area (Å²) in [6.07, 6.45) is 0. The van der Waals surface area contributed by atoms with Crippen LogP contribution in [0, 0.1) is 6.92 Å². The number of phenolic OH excluding ortho intramolecular Hbond substituents is 1. The number of amides is 1. The van der Waals surface area contributed by atoms with Crippen LogP contribution in [0.5, 0.6) is 5.75 Å². The fourth-order valence-electron chi connectivity index (χ4n) is 2.12. The molecule has 2 aromatic carbocycles. The largest absolute Gasteiger partial charge is 0.508 e. The summed E-state index contributed by atoms with van der Waals surface area (Å²) in [6, 6.07) is 14.9. The van der Waals surface area contributed by atoms with E-state index in [1.807, 2.05) is 38.1 Å². The smallest absolute Gasteiger partial charge is 0.230 e. The van der Waals surface area contributed by atoms with Crippen molar-refractivity contribution in [3.8, 4) is 5.75 Å². The Bertz CT molecular complexity index is 610. The zero-order chi connectivity index (χ0) is 15.2. The van der Waals surface area contributed by atoms with Gasteiger partial charge >= 0.3 is 0 Å². The summed E-state index contributed by atoms with van der Waals surface area (Å²) in [4.78, 5) is 13.0. The molecule has 0 radical (unpaired) electrons. The third-order valence-electron chi connectivity index (χ3n) is 3.24.